The van der Waals surface area contributed by atoms with Crippen LogP contribution in [0.3, 0.4) is 0 Å². The first-order valence-electron chi connectivity index (χ1n) is 7.53. The molecule has 0 unspecified atom stereocenters. The van der Waals surface area contributed by atoms with E-state index in [0.29, 0.717) is 34.5 Å². The summed E-state index contributed by atoms with van der Waals surface area (Å²) in [5, 5.41) is 19.8. The number of carbonyl (C=O) groups is 1. The zero-order valence-electron chi connectivity index (χ0n) is 13.1. The molecule has 0 saturated heterocycles. The topological polar surface area (TPSA) is 91.8 Å². The smallest absolute Gasteiger partial charge is 0.247 e. The number of rotatable bonds is 5. The van der Waals surface area contributed by atoms with Crippen molar-refractivity contribution >= 4 is 23.2 Å². The van der Waals surface area contributed by atoms with E-state index < -0.39 is 0 Å². The summed E-state index contributed by atoms with van der Waals surface area (Å²) in [6.07, 6.45) is 0.518. The van der Waals surface area contributed by atoms with Crippen LogP contribution in [0.2, 0.25) is 5.02 Å². The third-order valence-electron chi connectivity index (χ3n) is 3.43. The minimum atomic E-state index is -0.208. The highest BCUT2D eigenvalue weighted by Gasteiger charge is 2.11. The molecule has 0 bridgehead atoms. The van der Waals surface area contributed by atoms with E-state index in [1.165, 1.54) is 6.07 Å². The van der Waals surface area contributed by atoms with Gasteiger partial charge in [-0.05, 0) is 30.3 Å². The largest absolute Gasteiger partial charge is 0.421 e. The average molecular weight is 353 g/mol. The van der Waals surface area contributed by atoms with Crippen molar-refractivity contribution in [2.24, 2.45) is 0 Å². The van der Waals surface area contributed by atoms with Crippen molar-refractivity contribution in [1.82, 2.24) is 10.2 Å². The quantitative estimate of drug-likeness (QED) is 0.753. The number of anilines is 1. The maximum Gasteiger partial charge on any atom is 0.247 e. The van der Waals surface area contributed by atoms with Gasteiger partial charge in [0.25, 0.3) is 0 Å². The molecule has 1 aromatic heterocycles. The van der Waals surface area contributed by atoms with Crippen molar-refractivity contribution in [3.8, 4) is 17.5 Å². The Labute approximate surface area is 149 Å². The van der Waals surface area contributed by atoms with Crippen LogP contribution in [0.15, 0.2) is 52.9 Å². The first-order chi connectivity index (χ1) is 12.2. The van der Waals surface area contributed by atoms with Crippen molar-refractivity contribution in [2.45, 2.75) is 12.8 Å². The molecule has 3 rings (SSSR count). The second-order valence-corrected chi connectivity index (χ2v) is 5.63. The molecule has 2 aromatic carbocycles. The molecule has 0 aliphatic heterocycles. The van der Waals surface area contributed by atoms with Crippen LogP contribution in [0, 0.1) is 11.3 Å². The monoisotopic (exact) mass is 352 g/mol. The Morgan fingerprint density at radius 3 is 2.72 bits per heavy atom. The van der Waals surface area contributed by atoms with Crippen molar-refractivity contribution in [1.29, 1.82) is 5.26 Å². The van der Waals surface area contributed by atoms with Gasteiger partial charge in [0, 0.05) is 24.1 Å². The van der Waals surface area contributed by atoms with Crippen molar-refractivity contribution in [3.05, 3.63) is 65.0 Å². The van der Waals surface area contributed by atoms with Gasteiger partial charge in [-0.25, -0.2) is 0 Å². The lowest BCUT2D eigenvalue weighted by atomic mass is 10.2. The Kier molecular flexibility index (Phi) is 5.07. The van der Waals surface area contributed by atoms with E-state index in [-0.39, 0.29) is 12.3 Å². The molecule has 1 heterocycles. The van der Waals surface area contributed by atoms with Crippen LogP contribution in [0.1, 0.15) is 17.9 Å². The molecule has 0 aliphatic carbocycles. The summed E-state index contributed by atoms with van der Waals surface area (Å²) in [5.74, 6) is 0.613. The molecule has 3 aromatic rings. The zero-order valence-corrected chi connectivity index (χ0v) is 13.8. The Morgan fingerprint density at radius 2 is 2.00 bits per heavy atom. The predicted molar refractivity (Wildman–Crippen MR) is 92.9 cm³/mol. The lowest BCUT2D eigenvalue weighted by molar-refractivity contribution is -0.116. The number of hydrogen-bond acceptors (Lipinski definition) is 5. The highest BCUT2D eigenvalue weighted by molar-refractivity contribution is 6.32. The van der Waals surface area contributed by atoms with Crippen LogP contribution in [-0.4, -0.2) is 16.1 Å². The molecular weight excluding hydrogens is 340 g/mol. The molecule has 25 heavy (non-hydrogen) atoms. The van der Waals surface area contributed by atoms with E-state index in [0.717, 1.165) is 5.56 Å². The maximum atomic E-state index is 12.0. The summed E-state index contributed by atoms with van der Waals surface area (Å²) < 4.78 is 5.56. The van der Waals surface area contributed by atoms with Crippen molar-refractivity contribution in [3.63, 3.8) is 0 Å². The number of carbonyl (C=O) groups excluding carboxylic acids is 1. The highest BCUT2D eigenvalue weighted by atomic mass is 35.5. The van der Waals surface area contributed by atoms with Gasteiger partial charge in [-0.2, -0.15) is 5.26 Å². The molecule has 0 aliphatic rings. The Hall–Kier alpha value is -3.17. The minimum absolute atomic E-state index is 0.189. The molecule has 0 radical (unpaired) electrons. The number of benzene rings is 2. The van der Waals surface area contributed by atoms with Gasteiger partial charge in [-0.3, -0.25) is 4.79 Å². The van der Waals surface area contributed by atoms with Gasteiger partial charge in [-0.1, -0.05) is 29.8 Å². The molecule has 1 amide bonds. The fraction of sp³-hybridized carbons (Fsp3) is 0.111. The molecule has 0 spiro atoms. The van der Waals surface area contributed by atoms with Crippen LogP contribution in [0.25, 0.3) is 11.5 Å². The summed E-state index contributed by atoms with van der Waals surface area (Å²) in [4.78, 5) is 12.0. The normalized spacial score (nSPS) is 10.2. The number of hydrogen-bond donors (Lipinski definition) is 1. The van der Waals surface area contributed by atoms with E-state index in [9.17, 15) is 4.79 Å². The number of aryl methyl sites for hydroxylation is 1. The van der Waals surface area contributed by atoms with Crippen molar-refractivity contribution < 1.29 is 9.21 Å². The molecule has 7 heteroatoms. The molecule has 0 atom stereocenters. The lowest BCUT2D eigenvalue weighted by Crippen LogP contribution is -2.12. The van der Waals surface area contributed by atoms with Gasteiger partial charge in [0.2, 0.25) is 17.7 Å². The van der Waals surface area contributed by atoms with Gasteiger partial charge >= 0.3 is 0 Å². The van der Waals surface area contributed by atoms with Crippen LogP contribution in [0.5, 0.6) is 0 Å². The van der Waals surface area contributed by atoms with E-state index in [2.05, 4.69) is 15.5 Å². The van der Waals surface area contributed by atoms with E-state index in [1.54, 1.807) is 12.1 Å². The number of aromatic nitrogens is 2. The van der Waals surface area contributed by atoms with E-state index in [1.807, 2.05) is 36.4 Å². The third kappa shape index (κ3) is 4.22. The molecule has 1 N–H and O–H groups in total. The van der Waals surface area contributed by atoms with Gasteiger partial charge in [0.15, 0.2) is 0 Å². The Balaban J connectivity index is 1.57. The Morgan fingerprint density at radius 1 is 1.20 bits per heavy atom. The van der Waals surface area contributed by atoms with E-state index in [4.69, 9.17) is 21.3 Å². The lowest BCUT2D eigenvalue weighted by Gasteiger charge is -2.05. The fourth-order valence-corrected chi connectivity index (χ4v) is 2.40. The van der Waals surface area contributed by atoms with Gasteiger partial charge in [-0.15, -0.1) is 10.2 Å². The number of amides is 1. The molecular formula is C18H13ClN4O2. The highest BCUT2D eigenvalue weighted by Crippen LogP contribution is 2.21. The standard InChI is InChI=1S/C18H13ClN4O2/c19-15-10-14(7-6-13(15)11-20)21-16(24)8-9-17-22-23-18(25-17)12-4-2-1-3-5-12/h1-7,10H,8-9H2,(H,21,24). The molecule has 6 nitrogen and oxygen atoms in total. The van der Waals surface area contributed by atoms with E-state index >= 15 is 0 Å². The number of nitrogens with one attached hydrogen (secondary N) is 1. The van der Waals surface area contributed by atoms with Gasteiger partial charge in [0.1, 0.15) is 6.07 Å². The van der Waals surface area contributed by atoms with Crippen LogP contribution < -0.4 is 5.32 Å². The summed E-state index contributed by atoms with van der Waals surface area (Å²) in [7, 11) is 0. The molecule has 0 saturated carbocycles. The summed E-state index contributed by atoms with van der Waals surface area (Å²) >= 11 is 5.94. The van der Waals surface area contributed by atoms with Crippen LogP contribution in [0.4, 0.5) is 5.69 Å². The first kappa shape index (κ1) is 16.7. The summed E-state index contributed by atoms with van der Waals surface area (Å²) in [5.41, 5.74) is 1.72. The first-order valence-corrected chi connectivity index (χ1v) is 7.91. The minimum Gasteiger partial charge on any atom is -0.421 e. The number of nitriles is 1. The van der Waals surface area contributed by atoms with Crippen LogP contribution >= 0.6 is 11.6 Å². The van der Waals surface area contributed by atoms with Crippen LogP contribution in [-0.2, 0) is 11.2 Å². The van der Waals surface area contributed by atoms with Gasteiger partial charge < -0.3 is 9.73 Å². The molecule has 124 valence electrons. The second kappa shape index (κ2) is 7.60. The van der Waals surface area contributed by atoms with Crippen molar-refractivity contribution in [2.75, 3.05) is 5.32 Å². The number of nitrogens with zero attached hydrogens (tertiary/aromatic N) is 3. The fourth-order valence-electron chi connectivity index (χ4n) is 2.18. The number of halogens is 1. The Bertz CT molecular complexity index is 932. The molecule has 0 fully saturated rings. The zero-order chi connectivity index (χ0) is 17.6. The average Bonchev–Trinajstić information content (AvgIpc) is 3.10. The summed E-state index contributed by atoms with van der Waals surface area (Å²) in [6.45, 7) is 0. The second-order valence-electron chi connectivity index (χ2n) is 5.22. The third-order valence-corrected chi connectivity index (χ3v) is 3.74. The SMILES string of the molecule is N#Cc1ccc(NC(=O)CCc2nnc(-c3ccccc3)o2)cc1Cl. The predicted octanol–water partition coefficient (Wildman–Crippen LogP) is 3.83. The maximum absolute atomic E-state index is 12.0. The van der Waals surface area contributed by atoms with Gasteiger partial charge in [0.05, 0.1) is 10.6 Å². The summed E-state index contributed by atoms with van der Waals surface area (Å²) in [6, 6.07) is 16.1.